The number of nitrogens with zero attached hydrogens (tertiary/aromatic N) is 3. The van der Waals surface area contributed by atoms with Crippen LogP contribution >= 0.6 is 0 Å². The molecule has 1 aromatic carbocycles. The van der Waals surface area contributed by atoms with Crippen LogP contribution in [0.1, 0.15) is 43.7 Å². The number of likely N-dealkylation sites (N-methyl/N-ethyl adjacent to an activating group) is 2. The number of urea groups is 1. The third kappa shape index (κ3) is 2.11. The summed E-state index contributed by atoms with van der Waals surface area (Å²) < 4.78 is 0. The monoisotopic (exact) mass is 398 g/mol. The Morgan fingerprint density at radius 2 is 2.07 bits per heavy atom. The van der Waals surface area contributed by atoms with Gasteiger partial charge >= 0.3 is 6.03 Å². The molecule has 154 valence electrons. The van der Waals surface area contributed by atoms with Gasteiger partial charge < -0.3 is 14.9 Å². The van der Waals surface area contributed by atoms with Gasteiger partial charge in [-0.2, -0.15) is 0 Å². The van der Waals surface area contributed by atoms with E-state index < -0.39 is 16.6 Å². The Bertz CT molecular complexity index is 935. The molecule has 0 aromatic heterocycles. The molecule has 3 fully saturated rings. The summed E-state index contributed by atoms with van der Waals surface area (Å²) in [7, 11) is 2.04. The number of imide groups is 1. The van der Waals surface area contributed by atoms with Crippen LogP contribution in [0.3, 0.4) is 0 Å². The molecule has 2 saturated heterocycles. The summed E-state index contributed by atoms with van der Waals surface area (Å²) in [5.41, 5.74) is -0.349. The highest BCUT2D eigenvalue weighted by atomic mass is 16.3. The number of carbonyl (C=O) groups is 2. The van der Waals surface area contributed by atoms with Crippen molar-refractivity contribution < 1.29 is 14.7 Å². The van der Waals surface area contributed by atoms with Crippen molar-refractivity contribution in [3.63, 3.8) is 0 Å². The lowest BCUT2D eigenvalue weighted by Crippen LogP contribution is -2.76. The fourth-order valence-electron chi connectivity index (χ4n) is 6.76. The number of likely N-dealkylation sites (tertiary alicyclic amines) is 1. The van der Waals surface area contributed by atoms with Crippen molar-refractivity contribution in [2.45, 2.75) is 61.6 Å². The minimum atomic E-state index is -1.02. The first-order valence-electron chi connectivity index (χ1n) is 10.3. The summed E-state index contributed by atoms with van der Waals surface area (Å²) in [6, 6.07) is 5.01. The van der Waals surface area contributed by atoms with Gasteiger partial charge in [0.05, 0.1) is 5.60 Å². The SMILES string of the molecule is CCN1C(=O)NC(=O)[C@@]12CC[C@@]1(O)[C@H]3Cc4ccc(N=O)cc4[C@@]1(CCN3C)C2. The molecule has 4 aliphatic rings. The Morgan fingerprint density at radius 3 is 2.79 bits per heavy atom. The van der Waals surface area contributed by atoms with Crippen LogP contribution in [-0.2, 0) is 16.6 Å². The zero-order valence-electron chi connectivity index (χ0n) is 16.8. The van der Waals surface area contributed by atoms with E-state index in [2.05, 4.69) is 15.4 Å². The Balaban J connectivity index is 1.73. The van der Waals surface area contributed by atoms with Crippen LogP contribution in [0.25, 0.3) is 0 Å². The average Bonchev–Trinajstić information content (AvgIpc) is 2.93. The summed E-state index contributed by atoms with van der Waals surface area (Å²) in [6.45, 7) is 3.08. The molecule has 3 amide bonds. The van der Waals surface area contributed by atoms with E-state index in [1.807, 2.05) is 20.0 Å². The molecule has 2 N–H and O–H groups in total. The molecule has 2 aliphatic carbocycles. The summed E-state index contributed by atoms with van der Waals surface area (Å²) >= 11 is 0. The summed E-state index contributed by atoms with van der Waals surface area (Å²) in [6.07, 6.45) is 2.58. The van der Waals surface area contributed by atoms with E-state index in [1.165, 1.54) is 0 Å². The van der Waals surface area contributed by atoms with Gasteiger partial charge in [-0.3, -0.25) is 10.1 Å². The molecule has 4 atom stereocenters. The predicted octanol–water partition coefficient (Wildman–Crippen LogP) is 1.81. The quantitative estimate of drug-likeness (QED) is 0.584. The van der Waals surface area contributed by atoms with E-state index in [1.54, 1.807) is 17.0 Å². The van der Waals surface area contributed by atoms with Crippen molar-refractivity contribution >= 4 is 17.6 Å². The number of hydrogen-bond acceptors (Lipinski definition) is 6. The maximum absolute atomic E-state index is 13.0. The van der Waals surface area contributed by atoms with Crippen molar-refractivity contribution in [3.8, 4) is 0 Å². The number of rotatable bonds is 2. The smallest absolute Gasteiger partial charge is 0.325 e. The highest BCUT2D eigenvalue weighted by Gasteiger charge is 2.70. The van der Waals surface area contributed by atoms with Crippen molar-refractivity contribution in [1.29, 1.82) is 0 Å². The van der Waals surface area contributed by atoms with Crippen molar-refractivity contribution in [2.75, 3.05) is 20.1 Å². The van der Waals surface area contributed by atoms with Crippen LogP contribution in [0.5, 0.6) is 0 Å². The van der Waals surface area contributed by atoms with Gasteiger partial charge in [-0.25, -0.2) is 4.79 Å². The second-order valence-corrected chi connectivity index (χ2v) is 9.10. The standard InChI is InChI=1S/C21H26N4O4/c1-3-25-18(27)22-17(26)20(25)6-7-21(28)16-10-13-4-5-14(23-29)11-15(13)19(21,12-20)8-9-24(16)2/h4-5,11,16,28H,3,6-10,12H2,1-2H3,(H,22,26,27)/t16-,19-,20+,21-/m1/s1. The normalized spacial score (nSPS) is 38.6. The highest BCUT2D eigenvalue weighted by molar-refractivity contribution is 6.07. The fourth-order valence-corrected chi connectivity index (χ4v) is 6.76. The van der Waals surface area contributed by atoms with E-state index >= 15 is 0 Å². The molecule has 1 aromatic rings. The largest absolute Gasteiger partial charge is 0.387 e. The molecule has 8 nitrogen and oxygen atoms in total. The second-order valence-electron chi connectivity index (χ2n) is 9.10. The lowest BCUT2D eigenvalue weighted by Gasteiger charge is -2.66. The van der Waals surface area contributed by atoms with Crippen LogP contribution < -0.4 is 5.32 Å². The molecule has 0 radical (unpaired) electrons. The molecule has 2 bridgehead atoms. The zero-order chi connectivity index (χ0) is 20.6. The van der Waals surface area contributed by atoms with Gasteiger partial charge in [-0.15, -0.1) is 4.91 Å². The molecule has 1 saturated carbocycles. The molecular weight excluding hydrogens is 372 g/mol. The minimum absolute atomic E-state index is 0.0635. The topological polar surface area (TPSA) is 102 Å². The van der Waals surface area contributed by atoms with Crippen molar-refractivity contribution in [3.05, 3.63) is 34.2 Å². The lowest BCUT2D eigenvalue weighted by molar-refractivity contribution is -0.183. The number of nitroso groups, excluding NO2 is 1. The van der Waals surface area contributed by atoms with Crippen LogP contribution in [0, 0.1) is 4.91 Å². The fraction of sp³-hybridized carbons (Fsp3) is 0.619. The first-order chi connectivity index (χ1) is 13.8. The third-order valence-electron chi connectivity index (χ3n) is 8.17. The number of nitrogens with one attached hydrogen (secondary N) is 1. The molecule has 5 rings (SSSR count). The molecule has 8 heteroatoms. The van der Waals surface area contributed by atoms with Crippen LogP contribution in [-0.4, -0.2) is 64.2 Å². The average molecular weight is 398 g/mol. The Kier molecular flexibility index (Phi) is 3.77. The lowest BCUT2D eigenvalue weighted by atomic mass is 9.46. The molecule has 2 aliphatic heterocycles. The van der Waals surface area contributed by atoms with Gasteiger partial charge in [0.1, 0.15) is 11.2 Å². The number of fused-ring (bicyclic) bond motifs is 1. The maximum Gasteiger partial charge on any atom is 0.325 e. The van der Waals surface area contributed by atoms with E-state index in [-0.39, 0.29) is 18.0 Å². The summed E-state index contributed by atoms with van der Waals surface area (Å²) in [5, 5.41) is 17.7. The number of carbonyl (C=O) groups excluding carboxylic acids is 2. The Hall–Kier alpha value is -2.32. The van der Waals surface area contributed by atoms with Gasteiger partial charge in [0.2, 0.25) is 0 Å². The Morgan fingerprint density at radius 1 is 1.28 bits per heavy atom. The van der Waals surface area contributed by atoms with Crippen molar-refractivity contribution in [1.82, 2.24) is 15.1 Å². The number of amides is 3. The summed E-state index contributed by atoms with van der Waals surface area (Å²) in [5.74, 6) is -0.270. The van der Waals surface area contributed by atoms with E-state index in [9.17, 15) is 19.6 Å². The Labute approximate surface area is 169 Å². The number of benzene rings is 1. The molecule has 29 heavy (non-hydrogen) atoms. The molecule has 0 unspecified atom stereocenters. The van der Waals surface area contributed by atoms with Crippen molar-refractivity contribution in [2.24, 2.45) is 5.18 Å². The minimum Gasteiger partial charge on any atom is -0.387 e. The highest BCUT2D eigenvalue weighted by Crippen LogP contribution is 2.61. The van der Waals surface area contributed by atoms with Gasteiger partial charge in [-0.05, 0) is 81.1 Å². The first-order valence-corrected chi connectivity index (χ1v) is 10.3. The van der Waals surface area contributed by atoms with Gasteiger partial charge in [0, 0.05) is 18.0 Å². The second kappa shape index (κ2) is 5.86. The van der Waals surface area contributed by atoms with Gasteiger partial charge in [-0.1, -0.05) is 6.07 Å². The predicted molar refractivity (Wildman–Crippen MR) is 106 cm³/mol. The first kappa shape index (κ1) is 18.7. The molecule has 2 heterocycles. The van der Waals surface area contributed by atoms with Gasteiger partial charge in [0.15, 0.2) is 0 Å². The molecular formula is C21H26N4O4. The number of piperidine rings is 1. The molecule has 1 spiro atoms. The third-order valence-corrected chi connectivity index (χ3v) is 8.17. The van der Waals surface area contributed by atoms with Crippen LogP contribution in [0.2, 0.25) is 0 Å². The van der Waals surface area contributed by atoms with Crippen LogP contribution in [0.15, 0.2) is 23.4 Å². The number of hydrogen-bond donors (Lipinski definition) is 2. The summed E-state index contributed by atoms with van der Waals surface area (Å²) in [4.78, 5) is 40.6. The van der Waals surface area contributed by atoms with E-state index in [0.717, 1.165) is 17.7 Å². The van der Waals surface area contributed by atoms with Crippen LogP contribution in [0.4, 0.5) is 10.5 Å². The maximum atomic E-state index is 13.0. The van der Waals surface area contributed by atoms with E-state index in [0.29, 0.717) is 44.3 Å². The van der Waals surface area contributed by atoms with E-state index in [4.69, 9.17) is 0 Å². The number of aliphatic hydroxyl groups is 1. The van der Waals surface area contributed by atoms with Gasteiger partial charge in [0.25, 0.3) is 5.91 Å². The zero-order valence-corrected chi connectivity index (χ0v) is 16.8.